The van der Waals surface area contributed by atoms with E-state index in [-0.39, 0.29) is 50.1 Å². The molecule has 0 aromatic rings. The quantitative estimate of drug-likeness (QED) is 0.180. The number of carbonyl (C=O) groups excluding carboxylic acids is 4. The molecule has 8 nitrogen and oxygen atoms in total. The van der Waals surface area contributed by atoms with Crippen LogP contribution >= 0.6 is 0 Å². The first-order valence-electron chi connectivity index (χ1n) is 9.21. The molecule has 0 spiro atoms. The topological polar surface area (TPSA) is 161 Å². The van der Waals surface area contributed by atoms with Crippen molar-refractivity contribution < 1.29 is 118 Å². The smallest absolute Gasteiger partial charge is 0.402 e. The maximum Gasteiger partial charge on any atom is 0.402 e. The first-order chi connectivity index (χ1) is 17.3. The molecule has 0 amide bonds. The molecule has 0 radical (unpaired) electrons. The van der Waals surface area contributed by atoms with Gasteiger partial charge in [0.2, 0.25) is 0 Å². The first kappa shape index (κ1) is 47.6. The Kier molecular flexibility index (Phi) is 23.1. The minimum atomic E-state index is -4.92. The van der Waals surface area contributed by atoms with Crippen LogP contribution in [-0.2, 0) is 45.0 Å². The van der Waals surface area contributed by atoms with Crippen LogP contribution in [-0.4, -0.2) is 47.8 Å². The second kappa shape index (κ2) is 19.9. The summed E-state index contributed by atoms with van der Waals surface area (Å²) in [5, 5.41) is 39.5. The van der Waals surface area contributed by atoms with E-state index in [1.807, 2.05) is 0 Å². The van der Waals surface area contributed by atoms with Crippen LogP contribution < -0.4 is 20.4 Å². The predicted octanol–water partition coefficient (Wildman–Crippen LogP) is 1.53. The SMILES string of the molecule is CC(=O)/C=C(\[O-])C(F)(F)F.CC(=O)/C=C(\[O-])C(F)(F)F.CC(=O)/C=C(\[O-])C(F)(F)F.CC(=O)/C=C(\[O-])C(F)(F)F.[Hf]. The van der Waals surface area contributed by atoms with E-state index in [2.05, 4.69) is 0 Å². The standard InChI is InChI=1S/4C5H5F3O2.Hf/c4*1-3(9)2-4(10)5(6,7)8;/h4*2,10H,1H3;/p-4/b4*4-2-;. The Hall–Kier alpha value is -3.13. The van der Waals surface area contributed by atoms with Crippen LogP contribution in [0.4, 0.5) is 52.7 Å². The monoisotopic (exact) mass is 792 g/mol. The molecule has 21 heteroatoms. The summed E-state index contributed by atoms with van der Waals surface area (Å²) in [5.41, 5.74) is 0. The fourth-order valence-electron chi connectivity index (χ4n) is 1.07. The van der Waals surface area contributed by atoms with Gasteiger partial charge in [0.25, 0.3) is 0 Å². The van der Waals surface area contributed by atoms with Crippen molar-refractivity contribution in [3.05, 3.63) is 47.3 Å². The fourth-order valence-corrected chi connectivity index (χ4v) is 1.07. The fraction of sp³-hybridized carbons (Fsp3) is 0.400. The van der Waals surface area contributed by atoms with E-state index in [1.165, 1.54) is 0 Å². The van der Waals surface area contributed by atoms with Crippen LogP contribution in [0.1, 0.15) is 27.7 Å². The maximum atomic E-state index is 11.3. The van der Waals surface area contributed by atoms with Gasteiger partial charge in [0.1, 0.15) is 0 Å². The van der Waals surface area contributed by atoms with Gasteiger partial charge in [0.05, 0.1) is 0 Å². The number of ketones is 4. The van der Waals surface area contributed by atoms with Crippen molar-refractivity contribution in [2.75, 3.05) is 0 Å². The van der Waals surface area contributed by atoms with Gasteiger partial charge < -0.3 is 20.4 Å². The summed E-state index contributed by atoms with van der Waals surface area (Å²) in [7, 11) is 0. The first-order valence-corrected chi connectivity index (χ1v) is 9.21. The van der Waals surface area contributed by atoms with E-state index >= 15 is 0 Å². The Morgan fingerprint density at radius 3 is 0.512 bits per heavy atom. The molecular weight excluding hydrogens is 775 g/mol. The van der Waals surface area contributed by atoms with Crippen LogP contribution in [0, 0.1) is 0 Å². The third-order valence-corrected chi connectivity index (χ3v) is 2.45. The zero-order valence-corrected chi connectivity index (χ0v) is 24.2. The number of allylic oxidation sites excluding steroid dienone is 8. The molecule has 0 unspecified atom stereocenters. The van der Waals surface area contributed by atoms with Crippen molar-refractivity contribution in [2.45, 2.75) is 52.4 Å². The van der Waals surface area contributed by atoms with Gasteiger partial charge in [-0.05, 0) is 75.0 Å². The molecule has 0 aliphatic rings. The summed E-state index contributed by atoms with van der Waals surface area (Å²) in [4.78, 5) is 39.7. The molecule has 236 valence electrons. The van der Waals surface area contributed by atoms with Crippen molar-refractivity contribution in [1.29, 1.82) is 0 Å². The molecule has 0 fully saturated rings. The van der Waals surface area contributed by atoms with Crippen LogP contribution in [0.25, 0.3) is 0 Å². The number of rotatable bonds is 4. The van der Waals surface area contributed by atoms with E-state index in [0.717, 1.165) is 27.7 Å². The van der Waals surface area contributed by atoms with E-state index in [0.29, 0.717) is 0 Å². The Labute approximate surface area is 241 Å². The maximum absolute atomic E-state index is 11.3. The van der Waals surface area contributed by atoms with Crippen molar-refractivity contribution in [3.8, 4) is 0 Å². The van der Waals surface area contributed by atoms with E-state index in [1.54, 1.807) is 0 Å². The van der Waals surface area contributed by atoms with Crippen molar-refractivity contribution >= 4 is 23.1 Å². The van der Waals surface area contributed by atoms with Gasteiger partial charge in [-0.2, -0.15) is 52.7 Å². The van der Waals surface area contributed by atoms with E-state index in [9.17, 15) is 92.3 Å². The molecule has 0 rings (SSSR count). The molecular formula is C20H16F12HfO8-4. The molecule has 0 saturated heterocycles. The molecule has 0 bridgehead atoms. The summed E-state index contributed by atoms with van der Waals surface area (Å²) in [6.07, 6.45) is -19.6. The van der Waals surface area contributed by atoms with E-state index in [4.69, 9.17) is 0 Å². The predicted molar refractivity (Wildman–Crippen MR) is 99.3 cm³/mol. The van der Waals surface area contributed by atoms with Gasteiger partial charge in [-0.1, -0.05) is 0 Å². The average molecular weight is 791 g/mol. The summed E-state index contributed by atoms with van der Waals surface area (Å²) >= 11 is 0. The summed E-state index contributed by atoms with van der Waals surface area (Å²) in [6.45, 7) is 3.51. The van der Waals surface area contributed by atoms with Crippen LogP contribution in [0.3, 0.4) is 0 Å². The van der Waals surface area contributed by atoms with Crippen LogP contribution in [0.15, 0.2) is 47.3 Å². The minimum absolute atomic E-state index is 0. The molecule has 0 N–H and O–H groups in total. The summed E-state index contributed by atoms with van der Waals surface area (Å²) in [6, 6.07) is 0. The Bertz CT molecular complexity index is 840. The molecule has 41 heavy (non-hydrogen) atoms. The molecule has 0 aromatic carbocycles. The number of carbonyl (C=O) groups is 4. The molecule has 0 aromatic heterocycles. The molecule has 0 atom stereocenters. The van der Waals surface area contributed by atoms with Crippen LogP contribution in [0.5, 0.6) is 0 Å². The van der Waals surface area contributed by atoms with Gasteiger partial charge in [-0.25, -0.2) is 0 Å². The van der Waals surface area contributed by atoms with Crippen molar-refractivity contribution in [2.24, 2.45) is 0 Å². The third-order valence-electron chi connectivity index (χ3n) is 2.45. The molecule has 0 heterocycles. The molecule has 0 aliphatic carbocycles. The third kappa shape index (κ3) is 33.0. The number of halogens is 12. The number of hydrogen-bond donors (Lipinski definition) is 0. The second-order valence-corrected chi connectivity index (χ2v) is 6.47. The second-order valence-electron chi connectivity index (χ2n) is 6.47. The van der Waals surface area contributed by atoms with Gasteiger partial charge in [-0.3, -0.25) is 19.2 Å². The van der Waals surface area contributed by atoms with Crippen molar-refractivity contribution in [1.82, 2.24) is 0 Å². The van der Waals surface area contributed by atoms with Gasteiger partial charge in [0.15, 0.2) is 23.1 Å². The van der Waals surface area contributed by atoms with Crippen LogP contribution in [0.2, 0.25) is 0 Å². The minimum Gasteiger partial charge on any atom is -0.869 e. The average Bonchev–Trinajstić information content (AvgIpc) is 2.64. The molecule has 0 aliphatic heterocycles. The largest absolute Gasteiger partial charge is 0.869 e. The van der Waals surface area contributed by atoms with Gasteiger partial charge in [-0.15, -0.1) is 0 Å². The van der Waals surface area contributed by atoms with Crippen molar-refractivity contribution in [3.63, 3.8) is 0 Å². The zero-order chi connectivity index (χ0) is 33.4. The van der Waals surface area contributed by atoms with Gasteiger partial charge >= 0.3 is 24.7 Å². The Morgan fingerprint density at radius 2 is 0.488 bits per heavy atom. The number of hydrogen-bond acceptors (Lipinski definition) is 8. The Balaban J connectivity index is -0.000000139. The zero-order valence-electron chi connectivity index (χ0n) is 20.6. The summed E-state index contributed by atoms with van der Waals surface area (Å²) in [5.74, 6) is -12.0. The van der Waals surface area contributed by atoms with E-state index < -0.39 is 70.9 Å². The Morgan fingerprint density at radius 1 is 0.390 bits per heavy atom. The summed E-state index contributed by atoms with van der Waals surface area (Å²) < 4.78 is 135. The normalized spacial score (nSPS) is 13.1. The molecule has 0 saturated carbocycles. The van der Waals surface area contributed by atoms with Gasteiger partial charge in [0, 0.05) is 25.8 Å². The number of alkyl halides is 12.